The molecule has 1 aromatic heterocycles. The molecule has 9 heteroatoms. The van der Waals surface area contributed by atoms with Crippen LogP contribution in [-0.4, -0.2) is 28.4 Å². The third kappa shape index (κ3) is 3.70. The predicted molar refractivity (Wildman–Crippen MR) is 118 cm³/mol. The fraction of sp³-hybridized carbons (Fsp3) is 0.577. The molecular formula is C26H29F4NO4. The number of ether oxygens (including phenoxy) is 2. The Hall–Kier alpha value is -2.07. The van der Waals surface area contributed by atoms with Crippen LogP contribution in [0.5, 0.6) is 0 Å². The van der Waals surface area contributed by atoms with E-state index in [0.717, 1.165) is 12.1 Å². The van der Waals surface area contributed by atoms with Crippen LogP contribution >= 0.6 is 0 Å². The lowest BCUT2D eigenvalue weighted by Gasteiger charge is -2.41. The van der Waals surface area contributed by atoms with E-state index in [1.165, 1.54) is 6.07 Å². The zero-order valence-electron chi connectivity index (χ0n) is 20.0. The Morgan fingerprint density at radius 1 is 1.14 bits per heavy atom. The first-order chi connectivity index (χ1) is 16.3. The fourth-order valence-corrected chi connectivity index (χ4v) is 5.81. The zero-order chi connectivity index (χ0) is 25.5. The number of nitrogens with zero attached hydrogens (tertiary/aromatic N) is 1. The highest BCUT2D eigenvalue weighted by molar-refractivity contribution is 5.55. The number of aliphatic hydroxyl groups excluding tert-OH is 2. The zero-order valence-corrected chi connectivity index (χ0v) is 20.0. The second kappa shape index (κ2) is 7.96. The molecule has 0 amide bonds. The topological polar surface area (TPSA) is 71.8 Å². The summed E-state index contributed by atoms with van der Waals surface area (Å²) in [6, 6.07) is 2.82. The number of halogens is 4. The molecule has 1 saturated heterocycles. The van der Waals surface area contributed by atoms with Crippen molar-refractivity contribution in [3.63, 3.8) is 0 Å². The molecule has 2 aromatic rings. The van der Waals surface area contributed by atoms with E-state index in [2.05, 4.69) is 0 Å². The van der Waals surface area contributed by atoms with Gasteiger partial charge in [0.1, 0.15) is 23.6 Å². The first-order valence-electron chi connectivity index (χ1n) is 11.8. The highest BCUT2D eigenvalue weighted by Gasteiger charge is 2.55. The fourth-order valence-electron chi connectivity index (χ4n) is 5.81. The van der Waals surface area contributed by atoms with Gasteiger partial charge in [-0.3, -0.25) is 4.98 Å². The van der Waals surface area contributed by atoms with Crippen molar-refractivity contribution in [1.29, 1.82) is 0 Å². The van der Waals surface area contributed by atoms with Crippen LogP contribution in [0.3, 0.4) is 0 Å². The molecule has 1 spiro atoms. The lowest BCUT2D eigenvalue weighted by molar-refractivity contribution is -0.140. The second-order valence-electron chi connectivity index (χ2n) is 10.9. The van der Waals surface area contributed by atoms with E-state index in [4.69, 9.17) is 14.5 Å². The van der Waals surface area contributed by atoms with Crippen molar-refractivity contribution >= 4 is 0 Å². The van der Waals surface area contributed by atoms with Gasteiger partial charge in [-0.15, -0.1) is 0 Å². The Morgan fingerprint density at radius 2 is 1.86 bits per heavy atom. The van der Waals surface area contributed by atoms with E-state index < -0.39 is 46.9 Å². The van der Waals surface area contributed by atoms with Crippen molar-refractivity contribution in [3.05, 3.63) is 63.2 Å². The summed E-state index contributed by atoms with van der Waals surface area (Å²) in [5.74, 6) is -1.51. The summed E-state index contributed by atoms with van der Waals surface area (Å²) in [4.78, 5) is 4.82. The minimum Gasteiger partial charge on any atom is -0.388 e. The van der Waals surface area contributed by atoms with Gasteiger partial charge in [0.15, 0.2) is 0 Å². The largest absolute Gasteiger partial charge is 0.419 e. The normalized spacial score (nSPS) is 29.6. The van der Waals surface area contributed by atoms with Crippen molar-refractivity contribution in [2.75, 3.05) is 13.2 Å². The lowest BCUT2D eigenvalue weighted by Crippen LogP contribution is -2.36. The Bertz CT molecular complexity index is 1170. The summed E-state index contributed by atoms with van der Waals surface area (Å²) in [7, 11) is 0. The Morgan fingerprint density at radius 3 is 2.43 bits per heavy atom. The number of pyridine rings is 1. The smallest absolute Gasteiger partial charge is 0.388 e. The maximum absolute atomic E-state index is 14.6. The summed E-state index contributed by atoms with van der Waals surface area (Å²) >= 11 is 0. The Kier molecular flexibility index (Phi) is 5.60. The van der Waals surface area contributed by atoms with Crippen LogP contribution in [0.4, 0.5) is 17.6 Å². The standard InChI is InChI=1S/C26H29F4NO4/c1-12(2)20-18-19(17-16(32)10-24(3,4)23(33)21(17)31-20)25(7-8-34-11-25)35-22(18)13-5-6-14(15(27)9-13)26(28,29)30/h5-6,9,12,16,22-23,32-33H,7-8,10-11H2,1-4H3. The highest BCUT2D eigenvalue weighted by Crippen LogP contribution is 2.58. The van der Waals surface area contributed by atoms with Gasteiger partial charge < -0.3 is 19.7 Å². The van der Waals surface area contributed by atoms with Gasteiger partial charge in [0.2, 0.25) is 0 Å². The van der Waals surface area contributed by atoms with Gasteiger partial charge in [-0.2, -0.15) is 13.2 Å². The molecule has 4 unspecified atom stereocenters. The number of aromatic nitrogens is 1. The average molecular weight is 496 g/mol. The first-order valence-corrected chi connectivity index (χ1v) is 11.8. The van der Waals surface area contributed by atoms with Gasteiger partial charge in [0, 0.05) is 35.4 Å². The molecule has 4 atom stereocenters. The molecular weight excluding hydrogens is 466 g/mol. The average Bonchev–Trinajstić information content (AvgIpc) is 3.35. The van der Waals surface area contributed by atoms with E-state index in [1.807, 2.05) is 27.7 Å². The van der Waals surface area contributed by atoms with Gasteiger partial charge >= 0.3 is 6.18 Å². The van der Waals surface area contributed by atoms with Crippen LogP contribution in [0.15, 0.2) is 18.2 Å². The Labute approximate surface area is 201 Å². The monoisotopic (exact) mass is 495 g/mol. The molecule has 35 heavy (non-hydrogen) atoms. The van der Waals surface area contributed by atoms with E-state index in [1.54, 1.807) is 0 Å². The second-order valence-corrected chi connectivity index (χ2v) is 10.9. The van der Waals surface area contributed by atoms with Crippen LogP contribution in [0.2, 0.25) is 0 Å². The molecule has 2 N–H and O–H groups in total. The van der Waals surface area contributed by atoms with Crippen LogP contribution < -0.4 is 0 Å². The predicted octanol–water partition coefficient (Wildman–Crippen LogP) is 5.59. The molecule has 0 bridgehead atoms. The first kappa shape index (κ1) is 24.6. The molecule has 1 fully saturated rings. The van der Waals surface area contributed by atoms with Crippen molar-refractivity contribution in [2.24, 2.45) is 5.41 Å². The third-order valence-corrected chi connectivity index (χ3v) is 7.58. The Balaban J connectivity index is 1.78. The molecule has 5 nitrogen and oxygen atoms in total. The van der Waals surface area contributed by atoms with Crippen molar-refractivity contribution in [2.45, 2.75) is 76.5 Å². The number of rotatable bonds is 2. The van der Waals surface area contributed by atoms with Crippen molar-refractivity contribution < 1.29 is 37.2 Å². The summed E-state index contributed by atoms with van der Waals surface area (Å²) < 4.78 is 66.4. The number of benzene rings is 1. The summed E-state index contributed by atoms with van der Waals surface area (Å²) in [6.45, 7) is 8.16. The number of hydrogen-bond donors (Lipinski definition) is 2. The number of fused-ring (bicyclic) bond motifs is 4. The SMILES string of the molecule is CC(C)c1nc2c(c3c1C(c1ccc(C(F)(F)F)c(F)c1)OC31CCOC1)C(O)CC(C)(C)C2O. The van der Waals surface area contributed by atoms with Gasteiger partial charge in [-0.1, -0.05) is 33.8 Å². The summed E-state index contributed by atoms with van der Waals surface area (Å²) in [5, 5.41) is 22.4. The van der Waals surface area contributed by atoms with Gasteiger partial charge in [0.05, 0.1) is 24.0 Å². The van der Waals surface area contributed by atoms with Gasteiger partial charge in [0.25, 0.3) is 0 Å². The molecule has 190 valence electrons. The molecule has 3 aliphatic rings. The minimum absolute atomic E-state index is 0.133. The van der Waals surface area contributed by atoms with E-state index in [9.17, 15) is 27.8 Å². The summed E-state index contributed by atoms with van der Waals surface area (Å²) in [5.41, 5.74) is 0.0978. The van der Waals surface area contributed by atoms with Crippen LogP contribution in [-0.2, 0) is 21.3 Å². The van der Waals surface area contributed by atoms with E-state index >= 15 is 0 Å². The van der Waals surface area contributed by atoms with Crippen LogP contribution in [0, 0.1) is 11.2 Å². The number of aliphatic hydroxyl groups is 2. The van der Waals surface area contributed by atoms with Gasteiger partial charge in [-0.05, 0) is 35.4 Å². The van der Waals surface area contributed by atoms with Gasteiger partial charge in [-0.25, -0.2) is 4.39 Å². The molecule has 0 radical (unpaired) electrons. The maximum Gasteiger partial charge on any atom is 0.419 e. The third-order valence-electron chi connectivity index (χ3n) is 7.58. The van der Waals surface area contributed by atoms with E-state index in [0.29, 0.717) is 47.5 Å². The molecule has 0 saturated carbocycles. The number of hydrogen-bond acceptors (Lipinski definition) is 5. The quantitative estimate of drug-likeness (QED) is 0.531. The number of alkyl halides is 3. The van der Waals surface area contributed by atoms with Crippen LogP contribution in [0.25, 0.3) is 0 Å². The molecule has 1 aliphatic carbocycles. The molecule has 3 heterocycles. The lowest BCUT2D eigenvalue weighted by atomic mass is 9.69. The van der Waals surface area contributed by atoms with Crippen molar-refractivity contribution in [1.82, 2.24) is 4.98 Å². The summed E-state index contributed by atoms with van der Waals surface area (Å²) in [6.07, 6.45) is -6.79. The maximum atomic E-state index is 14.6. The highest BCUT2D eigenvalue weighted by atomic mass is 19.4. The van der Waals surface area contributed by atoms with Crippen LogP contribution in [0.1, 0.15) is 104 Å². The molecule has 5 rings (SSSR count). The minimum atomic E-state index is -4.81. The van der Waals surface area contributed by atoms with E-state index in [-0.39, 0.29) is 18.1 Å². The van der Waals surface area contributed by atoms with Crippen molar-refractivity contribution in [3.8, 4) is 0 Å². The molecule has 1 aromatic carbocycles. The molecule has 2 aliphatic heterocycles.